The van der Waals surface area contributed by atoms with E-state index >= 15 is 0 Å². The van der Waals surface area contributed by atoms with Crippen LogP contribution >= 0.6 is 0 Å². The van der Waals surface area contributed by atoms with Gasteiger partial charge in [0.15, 0.2) is 0 Å². The van der Waals surface area contributed by atoms with Crippen LogP contribution in [0, 0.1) is 6.92 Å². The van der Waals surface area contributed by atoms with E-state index in [1.807, 2.05) is 0 Å². The summed E-state index contributed by atoms with van der Waals surface area (Å²) >= 11 is 0. The van der Waals surface area contributed by atoms with Crippen LogP contribution in [0.25, 0.3) is 11.1 Å². The Balaban J connectivity index is 2.54. The Morgan fingerprint density at radius 1 is 1.00 bits per heavy atom. The predicted molar refractivity (Wildman–Crippen MR) is 80.1 cm³/mol. The lowest BCUT2D eigenvalue weighted by Gasteiger charge is -2.12. The van der Waals surface area contributed by atoms with Crippen LogP contribution in [0.3, 0.4) is 0 Å². The van der Waals surface area contributed by atoms with Crippen LogP contribution in [0.15, 0.2) is 42.5 Å². The largest absolute Gasteiger partial charge is 0.0614 e. The molecule has 2 aromatic carbocycles. The van der Waals surface area contributed by atoms with Crippen molar-refractivity contribution in [3.05, 3.63) is 59.2 Å². The first-order valence-corrected chi connectivity index (χ1v) is 6.81. The summed E-state index contributed by atoms with van der Waals surface area (Å²) < 4.78 is 0. The molecule has 2 rings (SSSR count). The predicted octanol–water partition coefficient (Wildman–Crippen LogP) is 5.35. The summed E-state index contributed by atoms with van der Waals surface area (Å²) in [5.41, 5.74) is 6.91. The van der Waals surface area contributed by atoms with Crippen LogP contribution in [-0.2, 0) is 6.42 Å². The van der Waals surface area contributed by atoms with Gasteiger partial charge in [-0.2, -0.15) is 0 Å². The highest BCUT2D eigenvalue weighted by Gasteiger charge is 2.06. The van der Waals surface area contributed by atoms with Gasteiger partial charge < -0.3 is 0 Å². The van der Waals surface area contributed by atoms with Gasteiger partial charge in [0.1, 0.15) is 0 Å². The molecular formula is C18H22. The average Bonchev–Trinajstić information content (AvgIpc) is 2.39. The molecule has 0 fully saturated rings. The van der Waals surface area contributed by atoms with Gasteiger partial charge >= 0.3 is 0 Å². The average molecular weight is 238 g/mol. The van der Waals surface area contributed by atoms with E-state index in [0.29, 0.717) is 5.92 Å². The Labute approximate surface area is 111 Å². The zero-order valence-electron chi connectivity index (χ0n) is 11.8. The zero-order valence-corrected chi connectivity index (χ0v) is 11.8. The molecule has 0 atom stereocenters. The molecule has 0 aliphatic rings. The minimum atomic E-state index is 0.583. The third kappa shape index (κ3) is 2.64. The van der Waals surface area contributed by atoms with Crippen LogP contribution in [0.1, 0.15) is 43.4 Å². The van der Waals surface area contributed by atoms with Crippen molar-refractivity contribution in [2.75, 3.05) is 0 Å². The van der Waals surface area contributed by atoms with E-state index in [1.54, 1.807) is 0 Å². The molecule has 0 saturated heterocycles. The lowest BCUT2D eigenvalue weighted by molar-refractivity contribution is 0.867. The molecule has 0 nitrogen and oxygen atoms in total. The quantitative estimate of drug-likeness (QED) is 0.676. The van der Waals surface area contributed by atoms with Gasteiger partial charge in [-0.3, -0.25) is 0 Å². The van der Waals surface area contributed by atoms with Gasteiger partial charge in [0.05, 0.1) is 0 Å². The zero-order chi connectivity index (χ0) is 13.1. The van der Waals surface area contributed by atoms with E-state index in [0.717, 1.165) is 6.42 Å². The van der Waals surface area contributed by atoms with E-state index in [9.17, 15) is 0 Å². The molecule has 0 amide bonds. The molecule has 0 bridgehead atoms. The minimum Gasteiger partial charge on any atom is -0.0614 e. The van der Waals surface area contributed by atoms with E-state index < -0.39 is 0 Å². The lowest BCUT2D eigenvalue weighted by Crippen LogP contribution is -1.92. The highest BCUT2D eigenvalue weighted by molar-refractivity contribution is 5.69. The van der Waals surface area contributed by atoms with Gasteiger partial charge in [-0.25, -0.2) is 0 Å². The first-order chi connectivity index (χ1) is 8.61. The highest BCUT2D eigenvalue weighted by atomic mass is 14.1. The maximum absolute atomic E-state index is 2.33. The number of benzene rings is 2. The van der Waals surface area contributed by atoms with E-state index in [4.69, 9.17) is 0 Å². The van der Waals surface area contributed by atoms with Crippen LogP contribution in [0.2, 0.25) is 0 Å². The summed E-state index contributed by atoms with van der Waals surface area (Å²) in [5, 5.41) is 0. The van der Waals surface area contributed by atoms with Crippen molar-refractivity contribution in [1.82, 2.24) is 0 Å². The standard InChI is InChI=1S/C18H22/c1-5-15-10-9-14(4)11-18(15)17-8-6-7-16(12-17)13(2)3/h6-13H,5H2,1-4H3. The maximum Gasteiger partial charge on any atom is -0.0149 e. The topological polar surface area (TPSA) is 0 Å². The second kappa shape index (κ2) is 5.39. The van der Waals surface area contributed by atoms with E-state index in [1.165, 1.54) is 27.8 Å². The molecule has 18 heavy (non-hydrogen) atoms. The fourth-order valence-electron chi connectivity index (χ4n) is 2.33. The van der Waals surface area contributed by atoms with Crippen LogP contribution in [-0.4, -0.2) is 0 Å². The second-order valence-corrected chi connectivity index (χ2v) is 5.29. The Bertz CT molecular complexity index is 535. The first kappa shape index (κ1) is 12.9. The van der Waals surface area contributed by atoms with Crippen LogP contribution < -0.4 is 0 Å². The van der Waals surface area contributed by atoms with Gasteiger partial charge in [0.25, 0.3) is 0 Å². The molecular weight excluding hydrogens is 216 g/mol. The molecule has 0 aliphatic heterocycles. The molecule has 94 valence electrons. The van der Waals surface area contributed by atoms with Crippen LogP contribution in [0.5, 0.6) is 0 Å². The molecule has 0 radical (unpaired) electrons. The van der Waals surface area contributed by atoms with Gasteiger partial charge in [-0.15, -0.1) is 0 Å². The van der Waals surface area contributed by atoms with Crippen molar-refractivity contribution in [3.8, 4) is 11.1 Å². The lowest BCUT2D eigenvalue weighted by atomic mass is 9.93. The molecule has 2 aromatic rings. The van der Waals surface area contributed by atoms with Gasteiger partial charge in [0, 0.05) is 0 Å². The summed E-state index contributed by atoms with van der Waals surface area (Å²) in [6, 6.07) is 15.7. The molecule has 0 saturated carbocycles. The van der Waals surface area contributed by atoms with Crippen molar-refractivity contribution >= 4 is 0 Å². The highest BCUT2D eigenvalue weighted by Crippen LogP contribution is 2.28. The maximum atomic E-state index is 2.33. The van der Waals surface area contributed by atoms with Crippen molar-refractivity contribution < 1.29 is 0 Å². The third-order valence-electron chi connectivity index (χ3n) is 3.51. The molecule has 0 N–H and O–H groups in total. The molecule has 0 aromatic heterocycles. The van der Waals surface area contributed by atoms with Crippen molar-refractivity contribution in [1.29, 1.82) is 0 Å². The summed E-state index contributed by atoms with van der Waals surface area (Å²) in [6.45, 7) is 8.88. The molecule has 0 heterocycles. The second-order valence-electron chi connectivity index (χ2n) is 5.29. The molecule has 0 aliphatic carbocycles. The number of aryl methyl sites for hydroxylation is 2. The Morgan fingerprint density at radius 2 is 1.78 bits per heavy atom. The normalized spacial score (nSPS) is 10.9. The summed E-state index contributed by atoms with van der Waals surface area (Å²) in [5.74, 6) is 0.583. The summed E-state index contributed by atoms with van der Waals surface area (Å²) in [7, 11) is 0. The van der Waals surface area contributed by atoms with Crippen molar-refractivity contribution in [2.24, 2.45) is 0 Å². The smallest absolute Gasteiger partial charge is 0.0149 e. The van der Waals surface area contributed by atoms with Crippen LogP contribution in [0.4, 0.5) is 0 Å². The Morgan fingerprint density at radius 3 is 2.44 bits per heavy atom. The number of hydrogen-bond acceptors (Lipinski definition) is 0. The van der Waals surface area contributed by atoms with Crippen molar-refractivity contribution in [2.45, 2.75) is 40.0 Å². The minimum absolute atomic E-state index is 0.583. The van der Waals surface area contributed by atoms with Gasteiger partial charge in [0.2, 0.25) is 0 Å². The molecule has 0 heteroatoms. The monoisotopic (exact) mass is 238 g/mol. The fourth-order valence-corrected chi connectivity index (χ4v) is 2.33. The molecule has 0 spiro atoms. The van der Waals surface area contributed by atoms with E-state index in [-0.39, 0.29) is 0 Å². The van der Waals surface area contributed by atoms with E-state index in [2.05, 4.69) is 70.2 Å². The fraction of sp³-hybridized carbons (Fsp3) is 0.333. The number of rotatable bonds is 3. The first-order valence-electron chi connectivity index (χ1n) is 6.81. The SMILES string of the molecule is CCc1ccc(C)cc1-c1cccc(C(C)C)c1. The number of hydrogen-bond donors (Lipinski definition) is 0. The van der Waals surface area contributed by atoms with Gasteiger partial charge in [-0.05, 0) is 41.5 Å². The summed E-state index contributed by atoms with van der Waals surface area (Å²) in [4.78, 5) is 0. The third-order valence-corrected chi connectivity index (χ3v) is 3.51. The van der Waals surface area contributed by atoms with Gasteiger partial charge in [-0.1, -0.05) is 68.8 Å². The summed E-state index contributed by atoms with van der Waals surface area (Å²) in [6.07, 6.45) is 1.08. The van der Waals surface area contributed by atoms with Crippen molar-refractivity contribution in [3.63, 3.8) is 0 Å². The Hall–Kier alpha value is -1.56. The molecule has 0 unspecified atom stereocenters. The Kier molecular flexibility index (Phi) is 3.86.